The van der Waals surface area contributed by atoms with E-state index in [1.807, 2.05) is 6.07 Å². The van der Waals surface area contributed by atoms with Gasteiger partial charge in [0.1, 0.15) is 0 Å². The average Bonchev–Trinajstić information content (AvgIpc) is 2.97. The highest BCUT2D eigenvalue weighted by atomic mass is 32.2. The predicted molar refractivity (Wildman–Crippen MR) is 112 cm³/mol. The van der Waals surface area contributed by atoms with Crippen LogP contribution >= 0.6 is 0 Å². The second-order valence-corrected chi connectivity index (χ2v) is 11.7. The molecule has 1 aliphatic heterocycles. The third-order valence-electron chi connectivity index (χ3n) is 8.13. The highest BCUT2D eigenvalue weighted by molar-refractivity contribution is 7.89. The lowest BCUT2D eigenvalue weighted by atomic mass is 9.77. The van der Waals surface area contributed by atoms with Gasteiger partial charge in [-0.05, 0) is 87.2 Å². The van der Waals surface area contributed by atoms with Crippen molar-refractivity contribution >= 4 is 15.9 Å². The molecule has 1 aromatic rings. The fourth-order valence-electron chi connectivity index (χ4n) is 6.63. The van der Waals surface area contributed by atoms with Crippen LogP contribution < -0.4 is 5.32 Å². The van der Waals surface area contributed by atoms with Gasteiger partial charge in [-0.3, -0.25) is 4.79 Å². The standard InChI is InChI=1S/C23H32N2O3S/c26-23(24-22-7-6-18-12-16-13-19(18)15-20(22)14-16)17-8-10-25(11-9-17)29(27,28)21-4-2-1-3-5-21/h1-5,16-20,22H,6-15H2,(H,24,26). The van der Waals surface area contributed by atoms with E-state index in [1.165, 1.54) is 36.4 Å². The molecule has 5 rings (SSSR count). The molecule has 5 unspecified atom stereocenters. The Balaban J connectivity index is 1.18. The summed E-state index contributed by atoms with van der Waals surface area (Å²) in [5, 5.41) is 3.40. The Bertz CT molecular complexity index is 848. The quantitative estimate of drug-likeness (QED) is 0.818. The SMILES string of the molecule is O=C(NC1CCC2CC3CC2CC1C3)C1CCN(S(=O)(=O)c2ccccc2)CC1. The average molecular weight is 417 g/mol. The molecule has 4 fully saturated rings. The summed E-state index contributed by atoms with van der Waals surface area (Å²) in [5.74, 6) is 3.47. The van der Waals surface area contributed by atoms with E-state index in [0.29, 0.717) is 42.8 Å². The molecule has 3 saturated carbocycles. The van der Waals surface area contributed by atoms with Gasteiger partial charge in [-0.15, -0.1) is 0 Å². The van der Waals surface area contributed by atoms with Gasteiger partial charge in [0.05, 0.1) is 4.90 Å². The number of carbonyl (C=O) groups excluding carboxylic acids is 1. The van der Waals surface area contributed by atoms with Crippen molar-refractivity contribution in [2.45, 2.75) is 62.3 Å². The normalized spacial score (nSPS) is 35.4. The van der Waals surface area contributed by atoms with Crippen LogP contribution in [0.1, 0.15) is 51.4 Å². The summed E-state index contributed by atoms with van der Waals surface area (Å²) in [6.07, 6.45) is 9.09. The molecule has 1 amide bonds. The van der Waals surface area contributed by atoms with Gasteiger partial charge in [0.2, 0.25) is 15.9 Å². The van der Waals surface area contributed by atoms with Crippen LogP contribution in [-0.2, 0) is 14.8 Å². The van der Waals surface area contributed by atoms with Crippen LogP contribution in [0.2, 0.25) is 0 Å². The van der Waals surface area contributed by atoms with Crippen LogP contribution in [0.3, 0.4) is 0 Å². The van der Waals surface area contributed by atoms with Gasteiger partial charge in [-0.1, -0.05) is 18.2 Å². The summed E-state index contributed by atoms with van der Waals surface area (Å²) in [6.45, 7) is 0.852. The van der Waals surface area contributed by atoms with Crippen molar-refractivity contribution < 1.29 is 13.2 Å². The molecule has 1 heterocycles. The summed E-state index contributed by atoms with van der Waals surface area (Å²) in [7, 11) is -3.45. The Morgan fingerprint density at radius 3 is 2.31 bits per heavy atom. The Kier molecular flexibility index (Phi) is 5.19. The molecule has 1 N–H and O–H groups in total. The molecule has 0 spiro atoms. The van der Waals surface area contributed by atoms with Crippen LogP contribution in [0.5, 0.6) is 0 Å². The number of hydrogen-bond acceptors (Lipinski definition) is 3. The number of fused-ring (bicyclic) bond motifs is 2. The zero-order chi connectivity index (χ0) is 20.0. The minimum absolute atomic E-state index is 0.0607. The van der Waals surface area contributed by atoms with Crippen LogP contribution in [-0.4, -0.2) is 37.8 Å². The van der Waals surface area contributed by atoms with Crippen LogP contribution in [0.15, 0.2) is 35.2 Å². The van der Waals surface area contributed by atoms with Gasteiger partial charge in [0, 0.05) is 25.0 Å². The summed E-state index contributed by atoms with van der Waals surface area (Å²) in [4.78, 5) is 13.3. The molecule has 5 atom stereocenters. The maximum Gasteiger partial charge on any atom is 0.243 e. The number of amides is 1. The molecule has 3 bridgehead atoms. The van der Waals surface area contributed by atoms with Crippen molar-refractivity contribution in [2.75, 3.05) is 13.1 Å². The largest absolute Gasteiger partial charge is 0.353 e. The fourth-order valence-corrected chi connectivity index (χ4v) is 8.12. The summed E-state index contributed by atoms with van der Waals surface area (Å²) >= 11 is 0. The molecule has 5 nitrogen and oxygen atoms in total. The highest BCUT2D eigenvalue weighted by Gasteiger charge is 2.46. The minimum Gasteiger partial charge on any atom is -0.353 e. The van der Waals surface area contributed by atoms with Crippen molar-refractivity contribution in [3.05, 3.63) is 30.3 Å². The first kappa shape index (κ1) is 19.6. The van der Waals surface area contributed by atoms with E-state index in [0.717, 1.165) is 24.2 Å². The number of rotatable bonds is 4. The molecule has 4 aliphatic rings. The van der Waals surface area contributed by atoms with Gasteiger partial charge in [0.25, 0.3) is 0 Å². The van der Waals surface area contributed by atoms with Crippen molar-refractivity contribution in [1.82, 2.24) is 9.62 Å². The third-order valence-corrected chi connectivity index (χ3v) is 10.0. The smallest absolute Gasteiger partial charge is 0.243 e. The van der Waals surface area contributed by atoms with Crippen LogP contribution in [0.25, 0.3) is 0 Å². The van der Waals surface area contributed by atoms with Crippen molar-refractivity contribution in [1.29, 1.82) is 0 Å². The second kappa shape index (κ2) is 7.69. The van der Waals surface area contributed by atoms with E-state index >= 15 is 0 Å². The molecule has 1 saturated heterocycles. The number of hydrogen-bond donors (Lipinski definition) is 1. The maximum absolute atomic E-state index is 13.0. The number of nitrogens with zero attached hydrogens (tertiary/aromatic N) is 1. The van der Waals surface area contributed by atoms with Crippen molar-refractivity contribution in [3.8, 4) is 0 Å². The Morgan fingerprint density at radius 1 is 0.862 bits per heavy atom. The van der Waals surface area contributed by atoms with E-state index in [9.17, 15) is 13.2 Å². The molecule has 158 valence electrons. The zero-order valence-corrected chi connectivity index (χ0v) is 17.8. The van der Waals surface area contributed by atoms with Gasteiger partial charge >= 0.3 is 0 Å². The number of nitrogens with one attached hydrogen (secondary N) is 1. The van der Waals surface area contributed by atoms with Crippen molar-refractivity contribution in [3.63, 3.8) is 0 Å². The third kappa shape index (κ3) is 3.74. The first-order valence-electron chi connectivity index (χ1n) is 11.4. The number of piperidine rings is 1. The molecule has 1 aromatic carbocycles. The first-order valence-corrected chi connectivity index (χ1v) is 12.8. The monoisotopic (exact) mass is 416 g/mol. The minimum atomic E-state index is -3.45. The molecule has 6 heteroatoms. The van der Waals surface area contributed by atoms with Crippen LogP contribution in [0, 0.1) is 29.6 Å². The highest BCUT2D eigenvalue weighted by Crippen LogP contribution is 2.53. The zero-order valence-electron chi connectivity index (χ0n) is 17.0. The topological polar surface area (TPSA) is 66.5 Å². The van der Waals surface area contributed by atoms with Gasteiger partial charge in [-0.2, -0.15) is 4.31 Å². The molecule has 0 radical (unpaired) electrons. The Morgan fingerprint density at radius 2 is 1.55 bits per heavy atom. The lowest BCUT2D eigenvalue weighted by Gasteiger charge is -2.35. The van der Waals surface area contributed by atoms with Gasteiger partial charge in [-0.25, -0.2) is 8.42 Å². The number of carbonyl (C=O) groups is 1. The maximum atomic E-state index is 13.0. The van der Waals surface area contributed by atoms with Gasteiger partial charge < -0.3 is 5.32 Å². The lowest BCUT2D eigenvalue weighted by Crippen LogP contribution is -2.47. The number of sulfonamides is 1. The summed E-state index contributed by atoms with van der Waals surface area (Å²) in [5.41, 5.74) is 0. The molecule has 29 heavy (non-hydrogen) atoms. The second-order valence-electron chi connectivity index (χ2n) is 9.77. The lowest BCUT2D eigenvalue weighted by molar-refractivity contribution is -0.127. The summed E-state index contributed by atoms with van der Waals surface area (Å²) < 4.78 is 27.1. The van der Waals surface area contributed by atoms with Crippen LogP contribution in [0.4, 0.5) is 0 Å². The number of benzene rings is 1. The fraction of sp³-hybridized carbons (Fsp3) is 0.696. The van der Waals surface area contributed by atoms with E-state index in [1.54, 1.807) is 24.3 Å². The predicted octanol–water partition coefficient (Wildman–Crippen LogP) is 3.42. The Labute approximate surface area is 174 Å². The molecule has 3 aliphatic carbocycles. The van der Waals surface area contributed by atoms with Crippen molar-refractivity contribution in [2.24, 2.45) is 29.6 Å². The van der Waals surface area contributed by atoms with E-state index in [4.69, 9.17) is 0 Å². The van der Waals surface area contributed by atoms with E-state index < -0.39 is 10.0 Å². The Hall–Kier alpha value is -1.40. The molecular formula is C23H32N2O3S. The van der Waals surface area contributed by atoms with E-state index in [2.05, 4.69) is 5.32 Å². The van der Waals surface area contributed by atoms with E-state index in [-0.39, 0.29) is 11.8 Å². The van der Waals surface area contributed by atoms with Gasteiger partial charge in [0.15, 0.2) is 0 Å². The first-order chi connectivity index (χ1) is 14.0. The summed E-state index contributed by atoms with van der Waals surface area (Å²) in [6, 6.07) is 8.94. The molecular weight excluding hydrogens is 384 g/mol. The molecule has 0 aromatic heterocycles.